The first-order chi connectivity index (χ1) is 4.04. The van der Waals surface area contributed by atoms with Crippen LogP contribution < -0.4 is 0 Å². The summed E-state index contributed by atoms with van der Waals surface area (Å²) in [5.41, 5.74) is 0. The largest absolute Gasteiger partial charge is 0.508 e. The van der Waals surface area contributed by atoms with Crippen molar-refractivity contribution in [1.82, 2.24) is 0 Å². The minimum Gasteiger partial charge on any atom is -0.450 e. The Balaban J connectivity index is 2.37. The molecule has 1 fully saturated rings. The van der Waals surface area contributed by atoms with Crippen molar-refractivity contribution in [2.75, 3.05) is 0 Å². The fraction of sp³-hybridized carbons (Fsp3) is 0.800. The Morgan fingerprint density at radius 2 is 2.33 bits per heavy atom. The maximum absolute atomic E-state index is 9.82. The van der Waals surface area contributed by atoms with E-state index >= 15 is 0 Å². The number of carboxylic acid groups (broad SMARTS) is 1. The van der Waals surface area contributed by atoms with E-state index in [1.54, 1.807) is 6.92 Å². The van der Waals surface area contributed by atoms with E-state index in [4.69, 9.17) is 10.2 Å². The molecule has 0 bridgehead atoms. The van der Waals surface area contributed by atoms with Gasteiger partial charge in [0.05, 0.1) is 0 Å². The summed E-state index contributed by atoms with van der Waals surface area (Å²) in [5.74, 6) is -1.42. The number of hydrogen-bond acceptors (Lipinski definition) is 3. The SMILES string of the molecule is CC1CC1(O)OC(=O)O. The van der Waals surface area contributed by atoms with Crippen LogP contribution in [-0.4, -0.2) is 22.2 Å². The Kier molecular flexibility index (Phi) is 1.13. The zero-order valence-corrected chi connectivity index (χ0v) is 5.00. The van der Waals surface area contributed by atoms with Gasteiger partial charge >= 0.3 is 6.16 Å². The van der Waals surface area contributed by atoms with Gasteiger partial charge in [0.1, 0.15) is 0 Å². The van der Waals surface area contributed by atoms with Gasteiger partial charge in [0.2, 0.25) is 5.79 Å². The highest BCUT2D eigenvalue weighted by molar-refractivity contribution is 5.57. The Morgan fingerprint density at radius 1 is 1.89 bits per heavy atom. The van der Waals surface area contributed by atoms with Crippen LogP contribution in [0.3, 0.4) is 0 Å². The van der Waals surface area contributed by atoms with Crippen LogP contribution in [0.2, 0.25) is 0 Å². The Hall–Kier alpha value is -0.770. The molecule has 0 heterocycles. The lowest BCUT2D eigenvalue weighted by atomic mass is 10.5. The molecule has 0 saturated heterocycles. The summed E-state index contributed by atoms with van der Waals surface area (Å²) in [5, 5.41) is 17.0. The zero-order valence-electron chi connectivity index (χ0n) is 5.00. The number of carbonyl (C=O) groups is 1. The molecule has 2 atom stereocenters. The van der Waals surface area contributed by atoms with Crippen molar-refractivity contribution in [3.05, 3.63) is 0 Å². The van der Waals surface area contributed by atoms with Gasteiger partial charge in [-0.05, 0) is 0 Å². The van der Waals surface area contributed by atoms with Gasteiger partial charge in [0, 0.05) is 12.3 Å². The summed E-state index contributed by atoms with van der Waals surface area (Å²) in [7, 11) is 0. The fourth-order valence-electron chi connectivity index (χ4n) is 0.673. The average molecular weight is 132 g/mol. The summed E-state index contributed by atoms with van der Waals surface area (Å²) in [6.07, 6.45) is -0.999. The molecular weight excluding hydrogens is 124 g/mol. The van der Waals surface area contributed by atoms with Gasteiger partial charge in [0.25, 0.3) is 0 Å². The molecule has 1 rings (SSSR count). The summed E-state index contributed by atoms with van der Waals surface area (Å²) >= 11 is 0. The number of ether oxygens (including phenoxy) is 1. The molecule has 1 saturated carbocycles. The lowest BCUT2D eigenvalue weighted by Gasteiger charge is -2.05. The highest BCUT2D eigenvalue weighted by Gasteiger charge is 2.54. The first-order valence-corrected chi connectivity index (χ1v) is 2.69. The van der Waals surface area contributed by atoms with Gasteiger partial charge < -0.3 is 14.9 Å². The lowest BCUT2D eigenvalue weighted by Crippen LogP contribution is -2.19. The predicted molar refractivity (Wildman–Crippen MR) is 27.8 cm³/mol. The smallest absolute Gasteiger partial charge is 0.450 e. The highest BCUT2D eigenvalue weighted by Crippen LogP contribution is 2.43. The molecule has 0 amide bonds. The summed E-state index contributed by atoms with van der Waals surface area (Å²) < 4.78 is 4.13. The number of hydrogen-bond donors (Lipinski definition) is 2. The van der Waals surface area contributed by atoms with Crippen molar-refractivity contribution in [1.29, 1.82) is 0 Å². The normalized spacial score (nSPS) is 40.0. The van der Waals surface area contributed by atoms with Crippen LogP contribution in [0.15, 0.2) is 0 Å². The van der Waals surface area contributed by atoms with Crippen LogP contribution in [-0.2, 0) is 4.74 Å². The molecule has 0 aromatic rings. The van der Waals surface area contributed by atoms with Gasteiger partial charge in [-0.1, -0.05) is 6.92 Å². The van der Waals surface area contributed by atoms with Crippen molar-refractivity contribution >= 4 is 6.16 Å². The molecule has 9 heavy (non-hydrogen) atoms. The quantitative estimate of drug-likeness (QED) is 0.400. The van der Waals surface area contributed by atoms with Gasteiger partial charge in [-0.2, -0.15) is 0 Å². The Bertz CT molecular complexity index is 144. The summed E-state index contributed by atoms with van der Waals surface area (Å²) in [6, 6.07) is 0. The van der Waals surface area contributed by atoms with Crippen molar-refractivity contribution < 1.29 is 19.7 Å². The standard InChI is InChI=1S/C5H8O4/c1-3-2-5(3,8)9-4(6)7/h3,8H,2H2,1H3,(H,6,7). The molecule has 2 unspecified atom stereocenters. The van der Waals surface area contributed by atoms with E-state index in [0.717, 1.165) is 0 Å². The maximum Gasteiger partial charge on any atom is 0.508 e. The Labute approximate surface area is 52.1 Å². The molecular formula is C5H8O4. The molecule has 0 aliphatic heterocycles. The van der Waals surface area contributed by atoms with E-state index in [1.807, 2.05) is 0 Å². The van der Waals surface area contributed by atoms with Crippen molar-refractivity contribution in [3.8, 4) is 0 Å². The van der Waals surface area contributed by atoms with Crippen LogP contribution in [0.5, 0.6) is 0 Å². The molecule has 0 aromatic carbocycles. The van der Waals surface area contributed by atoms with E-state index in [-0.39, 0.29) is 5.92 Å². The van der Waals surface area contributed by atoms with Crippen molar-refractivity contribution in [2.24, 2.45) is 5.92 Å². The third-order valence-corrected chi connectivity index (χ3v) is 1.47. The average Bonchev–Trinajstić information content (AvgIpc) is 2.10. The molecule has 2 N–H and O–H groups in total. The lowest BCUT2D eigenvalue weighted by molar-refractivity contribution is -0.104. The van der Waals surface area contributed by atoms with Crippen LogP contribution in [0.25, 0.3) is 0 Å². The molecule has 1 aliphatic carbocycles. The minimum absolute atomic E-state index is 0.0476. The third-order valence-electron chi connectivity index (χ3n) is 1.47. The second-order valence-corrected chi connectivity index (χ2v) is 2.32. The van der Waals surface area contributed by atoms with E-state index in [1.165, 1.54) is 0 Å². The molecule has 0 radical (unpaired) electrons. The molecule has 4 heteroatoms. The first kappa shape index (κ1) is 6.35. The van der Waals surface area contributed by atoms with Crippen LogP contribution in [0.4, 0.5) is 4.79 Å². The monoisotopic (exact) mass is 132 g/mol. The maximum atomic E-state index is 9.82. The molecule has 0 aromatic heterocycles. The van der Waals surface area contributed by atoms with E-state index in [0.29, 0.717) is 6.42 Å². The minimum atomic E-state index is -1.41. The molecule has 1 aliphatic rings. The molecule has 0 spiro atoms. The Morgan fingerprint density at radius 3 is 2.44 bits per heavy atom. The van der Waals surface area contributed by atoms with Crippen molar-refractivity contribution in [3.63, 3.8) is 0 Å². The van der Waals surface area contributed by atoms with Gasteiger partial charge in [-0.3, -0.25) is 0 Å². The van der Waals surface area contributed by atoms with Crippen LogP contribution >= 0.6 is 0 Å². The topological polar surface area (TPSA) is 66.8 Å². The zero-order chi connectivity index (χ0) is 7.07. The third kappa shape index (κ3) is 1.13. The van der Waals surface area contributed by atoms with Crippen LogP contribution in [0.1, 0.15) is 13.3 Å². The fourth-order valence-corrected chi connectivity index (χ4v) is 0.673. The van der Waals surface area contributed by atoms with Gasteiger partial charge in [-0.25, -0.2) is 4.79 Å². The molecule has 52 valence electrons. The van der Waals surface area contributed by atoms with Gasteiger partial charge in [-0.15, -0.1) is 0 Å². The van der Waals surface area contributed by atoms with E-state index < -0.39 is 11.9 Å². The number of aliphatic hydroxyl groups is 1. The highest BCUT2D eigenvalue weighted by atomic mass is 16.7. The summed E-state index contributed by atoms with van der Waals surface area (Å²) in [4.78, 5) is 9.82. The first-order valence-electron chi connectivity index (χ1n) is 2.69. The van der Waals surface area contributed by atoms with Crippen molar-refractivity contribution in [2.45, 2.75) is 19.1 Å². The molecule has 4 nitrogen and oxygen atoms in total. The summed E-state index contributed by atoms with van der Waals surface area (Å²) in [6.45, 7) is 1.73. The predicted octanol–water partition coefficient (Wildman–Crippen LogP) is 0.409. The van der Waals surface area contributed by atoms with Gasteiger partial charge in [0.15, 0.2) is 0 Å². The van der Waals surface area contributed by atoms with E-state index in [9.17, 15) is 4.79 Å². The van der Waals surface area contributed by atoms with E-state index in [2.05, 4.69) is 4.74 Å². The van der Waals surface area contributed by atoms with Crippen LogP contribution in [0, 0.1) is 5.92 Å². The second kappa shape index (κ2) is 1.60. The number of rotatable bonds is 1. The second-order valence-electron chi connectivity index (χ2n) is 2.32.